The molecule has 4 rings (SSSR count). The number of nitrogens with zero attached hydrogens (tertiary/aromatic N) is 4. The molecule has 2 aromatic carbocycles. The average Bonchev–Trinajstić information content (AvgIpc) is 3.24. The molecule has 0 saturated heterocycles. The summed E-state index contributed by atoms with van der Waals surface area (Å²) in [6.45, 7) is 3.93. The van der Waals surface area contributed by atoms with Crippen LogP contribution in [0.5, 0.6) is 5.75 Å². The van der Waals surface area contributed by atoms with Gasteiger partial charge in [-0.25, -0.2) is 0 Å². The van der Waals surface area contributed by atoms with E-state index in [9.17, 15) is 19.5 Å². The van der Waals surface area contributed by atoms with E-state index in [1.807, 2.05) is 0 Å². The topological polar surface area (TPSA) is 131 Å². The Morgan fingerprint density at radius 1 is 1.18 bits per heavy atom. The molecule has 3 N–H and O–H groups in total. The molecule has 33 heavy (non-hydrogen) atoms. The number of rotatable bonds is 6. The van der Waals surface area contributed by atoms with Gasteiger partial charge in [-0.2, -0.15) is 0 Å². The van der Waals surface area contributed by atoms with E-state index in [0.29, 0.717) is 21.8 Å². The molecule has 0 aliphatic rings. The zero-order valence-corrected chi connectivity index (χ0v) is 18.6. The molecule has 0 fully saturated rings. The van der Waals surface area contributed by atoms with Crippen LogP contribution in [0.2, 0.25) is 5.02 Å². The zero-order valence-electron chi connectivity index (χ0n) is 17.0. The van der Waals surface area contributed by atoms with E-state index in [2.05, 4.69) is 27.6 Å². The average molecular weight is 485 g/mol. The number of aromatic nitrogens is 4. The second kappa shape index (κ2) is 9.35. The summed E-state index contributed by atoms with van der Waals surface area (Å²) < 4.78 is 3.14. The zero-order chi connectivity index (χ0) is 23.5. The number of benzene rings is 2. The number of halogens is 1. The standard InChI is InChI=1S/C21H17ClN6O4S/c1-2-9-27-19(32)13-5-3-4-6-15(13)28-20(27)25-26-21(28)33-11-17(30)23-24-18(31)14-10-12(22)7-8-16(14)29/h2-8,10,29H,1,9,11H2,(H,23,30)(H,24,31). The van der Waals surface area contributed by atoms with Gasteiger partial charge in [0.1, 0.15) is 5.75 Å². The first kappa shape index (κ1) is 22.4. The normalized spacial score (nSPS) is 10.9. The predicted octanol–water partition coefficient (Wildman–Crippen LogP) is 2.14. The van der Waals surface area contributed by atoms with Crippen LogP contribution in [0.15, 0.2) is 65.1 Å². The number of allylic oxidation sites excluding steroid dienone is 1. The highest BCUT2D eigenvalue weighted by Crippen LogP contribution is 2.22. The van der Waals surface area contributed by atoms with Crippen molar-refractivity contribution >= 4 is 51.9 Å². The molecule has 2 heterocycles. The fraction of sp³-hybridized carbons (Fsp3) is 0.0952. The van der Waals surface area contributed by atoms with Crippen molar-refractivity contribution in [2.45, 2.75) is 11.7 Å². The number of para-hydroxylation sites is 1. The Bertz CT molecular complexity index is 1460. The Kier molecular flexibility index (Phi) is 6.33. The summed E-state index contributed by atoms with van der Waals surface area (Å²) in [7, 11) is 0. The molecule has 0 spiro atoms. The van der Waals surface area contributed by atoms with Gasteiger partial charge in [-0.3, -0.25) is 34.2 Å². The van der Waals surface area contributed by atoms with Gasteiger partial charge < -0.3 is 5.11 Å². The van der Waals surface area contributed by atoms with Crippen LogP contribution < -0.4 is 16.4 Å². The lowest BCUT2D eigenvalue weighted by atomic mass is 10.2. The number of phenolic OH excluding ortho intramolecular Hbond substituents is 1. The van der Waals surface area contributed by atoms with Gasteiger partial charge in [-0.15, -0.1) is 16.8 Å². The maximum atomic E-state index is 12.8. The molecule has 0 aliphatic heterocycles. The molecular formula is C21H17ClN6O4S. The molecule has 10 nitrogen and oxygen atoms in total. The SMILES string of the molecule is C=CCn1c(=O)c2ccccc2n2c(SCC(=O)NNC(=O)c3cc(Cl)ccc3O)nnc12. The Hall–Kier alpha value is -3.83. The number of fused-ring (bicyclic) bond motifs is 3. The van der Waals surface area contributed by atoms with Gasteiger partial charge in [0, 0.05) is 11.6 Å². The highest BCUT2D eigenvalue weighted by atomic mass is 35.5. The van der Waals surface area contributed by atoms with Crippen LogP contribution in [0.25, 0.3) is 16.7 Å². The largest absolute Gasteiger partial charge is 0.507 e. The smallest absolute Gasteiger partial charge is 0.273 e. The summed E-state index contributed by atoms with van der Waals surface area (Å²) in [4.78, 5) is 37.3. The number of amides is 2. The van der Waals surface area contributed by atoms with Crippen molar-refractivity contribution in [3.05, 3.63) is 76.1 Å². The number of thioether (sulfide) groups is 1. The van der Waals surface area contributed by atoms with Gasteiger partial charge in [0.15, 0.2) is 5.16 Å². The third-order valence-electron chi connectivity index (χ3n) is 4.64. The van der Waals surface area contributed by atoms with E-state index in [1.165, 1.54) is 22.8 Å². The van der Waals surface area contributed by atoms with Crippen LogP contribution in [0.4, 0.5) is 0 Å². The molecule has 0 saturated carbocycles. The predicted molar refractivity (Wildman–Crippen MR) is 124 cm³/mol. The minimum Gasteiger partial charge on any atom is -0.507 e. The minimum atomic E-state index is -0.722. The molecule has 2 amide bonds. The van der Waals surface area contributed by atoms with Gasteiger partial charge in [0.25, 0.3) is 11.5 Å². The highest BCUT2D eigenvalue weighted by Gasteiger charge is 2.18. The first-order valence-electron chi connectivity index (χ1n) is 9.58. The van der Waals surface area contributed by atoms with Crippen LogP contribution in [0, 0.1) is 0 Å². The third-order valence-corrected chi connectivity index (χ3v) is 5.80. The Morgan fingerprint density at radius 3 is 2.76 bits per heavy atom. The van der Waals surface area contributed by atoms with E-state index < -0.39 is 11.8 Å². The molecule has 12 heteroatoms. The van der Waals surface area contributed by atoms with Crippen molar-refractivity contribution in [1.82, 2.24) is 30.0 Å². The Morgan fingerprint density at radius 2 is 1.97 bits per heavy atom. The number of hydrogen-bond donors (Lipinski definition) is 3. The van der Waals surface area contributed by atoms with E-state index in [0.717, 1.165) is 11.8 Å². The summed E-state index contributed by atoms with van der Waals surface area (Å²) in [5.41, 5.74) is 4.82. The summed E-state index contributed by atoms with van der Waals surface area (Å²) >= 11 is 6.92. The van der Waals surface area contributed by atoms with Gasteiger partial charge in [0.2, 0.25) is 11.7 Å². The van der Waals surface area contributed by atoms with Crippen molar-refractivity contribution in [3.63, 3.8) is 0 Å². The van der Waals surface area contributed by atoms with E-state index in [1.54, 1.807) is 34.7 Å². The number of phenols is 1. The molecular weight excluding hydrogens is 468 g/mol. The molecule has 0 radical (unpaired) electrons. The number of nitrogens with one attached hydrogen (secondary N) is 2. The van der Waals surface area contributed by atoms with E-state index in [-0.39, 0.29) is 34.2 Å². The molecule has 0 bridgehead atoms. The van der Waals surface area contributed by atoms with Crippen LogP contribution in [0.3, 0.4) is 0 Å². The number of hydrazine groups is 1. The Balaban J connectivity index is 1.52. The van der Waals surface area contributed by atoms with Crippen LogP contribution >= 0.6 is 23.4 Å². The molecule has 4 aromatic rings. The second-order valence-corrected chi connectivity index (χ2v) is 8.17. The molecule has 168 valence electrons. The molecule has 0 aliphatic carbocycles. The number of carbonyl (C=O) groups excluding carboxylic acids is 2. The molecule has 0 unspecified atom stereocenters. The van der Waals surface area contributed by atoms with Gasteiger partial charge in [-0.1, -0.05) is 41.6 Å². The lowest BCUT2D eigenvalue weighted by Gasteiger charge is -2.10. The fourth-order valence-electron chi connectivity index (χ4n) is 3.17. The second-order valence-electron chi connectivity index (χ2n) is 6.79. The maximum absolute atomic E-state index is 12.8. The molecule has 0 atom stereocenters. The van der Waals surface area contributed by atoms with Crippen molar-refractivity contribution in [1.29, 1.82) is 0 Å². The summed E-state index contributed by atoms with van der Waals surface area (Å²) in [5, 5.41) is 19.2. The molecule has 2 aromatic heterocycles. The highest BCUT2D eigenvalue weighted by molar-refractivity contribution is 7.99. The van der Waals surface area contributed by atoms with E-state index >= 15 is 0 Å². The number of aromatic hydroxyl groups is 1. The third kappa shape index (κ3) is 4.41. The minimum absolute atomic E-state index is 0.0782. The Labute approximate surface area is 195 Å². The van der Waals surface area contributed by atoms with E-state index in [4.69, 9.17) is 11.6 Å². The van der Waals surface area contributed by atoms with Crippen molar-refractivity contribution < 1.29 is 14.7 Å². The quantitative estimate of drug-likeness (QED) is 0.217. The lowest BCUT2D eigenvalue weighted by Crippen LogP contribution is -2.42. The van der Waals surface area contributed by atoms with Crippen LogP contribution in [0.1, 0.15) is 10.4 Å². The van der Waals surface area contributed by atoms with Crippen molar-refractivity contribution in [2.24, 2.45) is 0 Å². The fourth-order valence-corrected chi connectivity index (χ4v) is 4.08. The van der Waals surface area contributed by atoms with Crippen molar-refractivity contribution in [3.8, 4) is 5.75 Å². The number of carbonyl (C=O) groups is 2. The summed E-state index contributed by atoms with van der Waals surface area (Å²) in [5.74, 6) is -1.28. The van der Waals surface area contributed by atoms with Gasteiger partial charge in [0.05, 0.1) is 22.2 Å². The summed E-state index contributed by atoms with van der Waals surface area (Å²) in [6.07, 6.45) is 1.59. The number of hydrogen-bond acceptors (Lipinski definition) is 7. The van der Waals surface area contributed by atoms with Gasteiger partial charge >= 0.3 is 0 Å². The summed E-state index contributed by atoms with van der Waals surface area (Å²) in [6, 6.07) is 11.0. The van der Waals surface area contributed by atoms with Crippen molar-refractivity contribution in [2.75, 3.05) is 5.75 Å². The lowest BCUT2D eigenvalue weighted by molar-refractivity contribution is -0.119. The van der Waals surface area contributed by atoms with Crippen LogP contribution in [-0.4, -0.2) is 41.8 Å². The first-order chi connectivity index (χ1) is 15.9. The maximum Gasteiger partial charge on any atom is 0.273 e. The van der Waals surface area contributed by atoms with Crippen LogP contribution in [-0.2, 0) is 11.3 Å². The van der Waals surface area contributed by atoms with Gasteiger partial charge in [-0.05, 0) is 30.3 Å². The first-order valence-corrected chi connectivity index (χ1v) is 10.9. The monoisotopic (exact) mass is 484 g/mol.